The van der Waals surface area contributed by atoms with Gasteiger partial charge < -0.3 is 70.6 Å². The number of nitrogens with zero attached hydrogens (tertiary/aromatic N) is 1. The summed E-state index contributed by atoms with van der Waals surface area (Å²) in [5, 5.41) is 29.0. The maximum atomic E-state index is 13.8. The lowest BCUT2D eigenvalue weighted by Gasteiger charge is -2.26. The highest BCUT2D eigenvalue weighted by molar-refractivity contribution is 5.98. The van der Waals surface area contributed by atoms with Crippen molar-refractivity contribution in [3.63, 3.8) is 0 Å². The van der Waals surface area contributed by atoms with E-state index >= 15 is 0 Å². The molecule has 0 radical (unpaired) electrons. The Hall–Kier alpha value is -6.36. The van der Waals surface area contributed by atoms with E-state index in [1.165, 1.54) is 6.92 Å². The second kappa shape index (κ2) is 22.7. The Bertz CT molecular complexity index is 1590. The molecule has 1 heterocycles. The predicted octanol–water partition coefficient (Wildman–Crippen LogP) is -7.72. The Morgan fingerprint density at radius 3 is 2.15 bits per heavy atom. The van der Waals surface area contributed by atoms with E-state index in [9.17, 15) is 48.3 Å². The molecule has 2 rings (SSSR count). The van der Waals surface area contributed by atoms with Crippen LogP contribution in [0.5, 0.6) is 0 Å². The Morgan fingerprint density at radius 2 is 1.53 bits per heavy atom. The van der Waals surface area contributed by atoms with Crippen LogP contribution in [-0.2, 0) is 49.6 Å². The maximum Gasteiger partial charge on any atom is 0.245 e. The summed E-state index contributed by atoms with van der Waals surface area (Å²) in [6.07, 6.45) is -2.40. The number of carbonyl (C=O) groups excluding carboxylic acids is 9. The minimum absolute atomic E-state index is 0.0272. The molecule has 23 heteroatoms. The zero-order chi connectivity index (χ0) is 41.1. The smallest absolute Gasteiger partial charge is 0.245 e. The highest BCUT2D eigenvalue weighted by Crippen LogP contribution is 2.07. The third-order valence-corrected chi connectivity index (χ3v) is 7.83. The molecule has 302 valence electrons. The van der Waals surface area contributed by atoms with Crippen molar-refractivity contribution in [2.24, 2.45) is 27.9 Å². The number of hydrogen-bond acceptors (Lipinski definition) is 12. The average Bonchev–Trinajstić information content (AvgIpc) is 3.13. The van der Waals surface area contributed by atoms with Crippen LogP contribution in [0.1, 0.15) is 31.7 Å². The van der Waals surface area contributed by atoms with Gasteiger partial charge in [0.1, 0.15) is 30.2 Å². The van der Waals surface area contributed by atoms with E-state index in [-0.39, 0.29) is 31.8 Å². The normalized spacial score (nSPS) is 22.5. The van der Waals surface area contributed by atoms with Crippen LogP contribution in [0.3, 0.4) is 0 Å². The number of aliphatic hydroxyl groups excluding tert-OH is 1. The van der Waals surface area contributed by atoms with Crippen molar-refractivity contribution >= 4 is 59.1 Å². The van der Waals surface area contributed by atoms with Gasteiger partial charge in [0, 0.05) is 19.5 Å². The first-order chi connectivity index (χ1) is 26.0. The Morgan fingerprint density at radius 1 is 0.855 bits per heavy atom. The molecular weight excluding hydrogens is 726 g/mol. The van der Waals surface area contributed by atoms with Crippen molar-refractivity contribution in [2.75, 3.05) is 32.7 Å². The molecule has 1 aromatic carbocycles. The van der Waals surface area contributed by atoms with Gasteiger partial charge in [-0.2, -0.15) is 0 Å². The number of hydrogen-bond donors (Lipinski definition) is 13. The van der Waals surface area contributed by atoms with Crippen molar-refractivity contribution in [2.45, 2.75) is 68.9 Å². The van der Waals surface area contributed by atoms with Crippen molar-refractivity contribution in [3.8, 4) is 0 Å². The second-order valence-corrected chi connectivity index (χ2v) is 12.3. The largest absolute Gasteiger partial charge is 0.391 e. The standard InChI is InChI=1S/C32H49N13O10/c1-16(46)26-31(55)44-21(27(34)51)13-38-22(47)11-20(41-24(49)14-39-23(48)12-33)30(54)42-18(8-5-9-37-32(35)36)29(53)43-19(10-17-6-3-2-4-7-17)28(52)40-15-25(50)45-26/h2-4,6-7,16,18-21,26,46H,5,8-15,33H2,1H3,(H2,34,51)(H,38,47)(H,39,48)(H,40,52)(H,41,49)(H,42,54)(H,43,53)(H,44,55)(H,45,50)(H4,35,36,37)/t16-,18+,19+,20+,21+,26+/m1/s1. The second-order valence-electron chi connectivity index (χ2n) is 12.3. The van der Waals surface area contributed by atoms with Crippen molar-refractivity contribution < 1.29 is 48.3 Å². The van der Waals surface area contributed by atoms with Crippen LogP contribution in [0, 0.1) is 0 Å². The fourth-order valence-corrected chi connectivity index (χ4v) is 4.96. The van der Waals surface area contributed by atoms with E-state index < -0.39 is 122 Å². The Labute approximate surface area is 315 Å². The number of amides is 9. The summed E-state index contributed by atoms with van der Waals surface area (Å²) in [6, 6.07) is 0.765. The van der Waals surface area contributed by atoms with Gasteiger partial charge in [0.25, 0.3) is 0 Å². The van der Waals surface area contributed by atoms with Gasteiger partial charge in [-0.15, -0.1) is 0 Å². The Kier molecular flexibility index (Phi) is 18.4. The van der Waals surface area contributed by atoms with Gasteiger partial charge in [0.05, 0.1) is 32.2 Å². The molecule has 1 aliphatic heterocycles. The fraction of sp³-hybridized carbons (Fsp3) is 0.500. The molecule has 0 bridgehead atoms. The number of primary amides is 1. The summed E-state index contributed by atoms with van der Waals surface area (Å²) in [4.78, 5) is 120. The molecule has 9 amide bonds. The number of aliphatic hydroxyl groups is 1. The zero-order valence-electron chi connectivity index (χ0n) is 30.1. The first kappa shape index (κ1) is 44.8. The molecule has 17 N–H and O–H groups in total. The van der Waals surface area contributed by atoms with E-state index in [1.807, 2.05) is 0 Å². The molecule has 6 atom stereocenters. The minimum atomic E-state index is -1.69. The highest BCUT2D eigenvalue weighted by Gasteiger charge is 2.33. The number of nitrogens with one attached hydrogen (secondary N) is 8. The van der Waals surface area contributed by atoms with Crippen LogP contribution >= 0.6 is 0 Å². The third kappa shape index (κ3) is 16.5. The maximum absolute atomic E-state index is 13.8. The van der Waals surface area contributed by atoms with E-state index in [0.717, 1.165) is 0 Å². The molecule has 23 nitrogen and oxygen atoms in total. The number of nitrogens with two attached hydrogens (primary N) is 4. The van der Waals surface area contributed by atoms with Gasteiger partial charge >= 0.3 is 0 Å². The van der Waals surface area contributed by atoms with Gasteiger partial charge in [-0.25, -0.2) is 0 Å². The average molecular weight is 776 g/mol. The molecule has 0 aromatic heterocycles. The van der Waals surface area contributed by atoms with Crippen molar-refractivity contribution in [1.82, 2.24) is 42.5 Å². The number of benzene rings is 1. The van der Waals surface area contributed by atoms with Gasteiger partial charge in [-0.1, -0.05) is 30.3 Å². The minimum Gasteiger partial charge on any atom is -0.391 e. The third-order valence-electron chi connectivity index (χ3n) is 7.83. The lowest BCUT2D eigenvalue weighted by Crippen LogP contribution is -2.61. The molecule has 55 heavy (non-hydrogen) atoms. The quantitative estimate of drug-likeness (QED) is 0.0534. The highest BCUT2D eigenvalue weighted by atomic mass is 16.3. The van der Waals surface area contributed by atoms with Crippen LogP contribution in [0.15, 0.2) is 35.3 Å². The molecule has 0 unspecified atom stereocenters. The fourth-order valence-electron chi connectivity index (χ4n) is 4.96. The van der Waals surface area contributed by atoms with Crippen molar-refractivity contribution in [3.05, 3.63) is 35.9 Å². The van der Waals surface area contributed by atoms with Crippen LogP contribution in [0.2, 0.25) is 0 Å². The summed E-state index contributed by atoms with van der Waals surface area (Å²) in [5.74, 6) is -8.72. The first-order valence-corrected chi connectivity index (χ1v) is 17.1. The first-order valence-electron chi connectivity index (χ1n) is 17.1. The molecule has 1 aromatic rings. The number of guanidine groups is 1. The lowest BCUT2D eigenvalue weighted by molar-refractivity contribution is -0.136. The van der Waals surface area contributed by atoms with Crippen LogP contribution < -0.4 is 65.5 Å². The van der Waals surface area contributed by atoms with Gasteiger partial charge in [-0.05, 0) is 25.3 Å². The summed E-state index contributed by atoms with van der Waals surface area (Å²) in [6.45, 7) is -1.25. The topological polar surface area (TPSA) is 387 Å². The van der Waals surface area contributed by atoms with E-state index in [2.05, 4.69) is 47.5 Å². The summed E-state index contributed by atoms with van der Waals surface area (Å²) >= 11 is 0. The molecule has 0 aliphatic carbocycles. The predicted molar refractivity (Wildman–Crippen MR) is 193 cm³/mol. The van der Waals surface area contributed by atoms with Gasteiger partial charge in [0.2, 0.25) is 53.2 Å². The van der Waals surface area contributed by atoms with E-state index in [0.29, 0.717) is 5.56 Å². The van der Waals surface area contributed by atoms with E-state index in [1.54, 1.807) is 30.3 Å². The van der Waals surface area contributed by atoms with Crippen LogP contribution in [0.4, 0.5) is 0 Å². The molecule has 1 fully saturated rings. The number of aliphatic imine (C=N–C) groups is 1. The van der Waals surface area contributed by atoms with Gasteiger partial charge in [-0.3, -0.25) is 48.1 Å². The van der Waals surface area contributed by atoms with Crippen LogP contribution in [0.25, 0.3) is 0 Å². The molecule has 0 saturated carbocycles. The summed E-state index contributed by atoms with van der Waals surface area (Å²) in [7, 11) is 0. The molecular formula is C32H49N13O10. The molecule has 1 saturated heterocycles. The van der Waals surface area contributed by atoms with Gasteiger partial charge in [0.15, 0.2) is 5.96 Å². The SMILES string of the molecule is C[C@@H](O)[C@@H]1NC(=O)CNC(=O)[C@H](Cc2ccccc2)NC(=O)[C@H](CCCN=C(N)N)NC(=O)[C@@H](NC(=O)CNC(=O)CN)CC(=O)NC[C@@H](C(N)=O)NC1=O. The van der Waals surface area contributed by atoms with Crippen molar-refractivity contribution in [1.29, 1.82) is 0 Å². The lowest BCUT2D eigenvalue weighted by atomic mass is 10.0. The van der Waals surface area contributed by atoms with E-state index in [4.69, 9.17) is 22.9 Å². The number of carbonyl (C=O) groups is 9. The molecule has 0 spiro atoms. The monoisotopic (exact) mass is 775 g/mol. The Balaban J connectivity index is 2.56. The zero-order valence-corrected chi connectivity index (χ0v) is 30.1. The summed E-state index contributed by atoms with van der Waals surface area (Å²) < 4.78 is 0. The number of rotatable bonds is 12. The summed E-state index contributed by atoms with van der Waals surface area (Å²) in [5.41, 5.74) is 22.1. The van der Waals surface area contributed by atoms with Crippen LogP contribution in [-0.4, -0.2) is 133 Å². The molecule has 1 aliphatic rings.